The Balaban J connectivity index is 2.67. The van der Waals surface area contributed by atoms with E-state index in [1.54, 1.807) is 0 Å². The van der Waals surface area contributed by atoms with Gasteiger partial charge in [-0.15, -0.1) is 0 Å². The monoisotopic (exact) mass is 221 g/mol. The van der Waals surface area contributed by atoms with Crippen LogP contribution in [-0.4, -0.2) is 13.2 Å². The molecular weight excluding hydrogens is 198 g/mol. The number of nitrogens with one attached hydrogen (secondary N) is 1. The highest BCUT2D eigenvalue weighted by atomic mass is 16.5. The van der Waals surface area contributed by atoms with Crippen molar-refractivity contribution in [2.75, 3.05) is 13.2 Å². The minimum absolute atomic E-state index is 0.350. The van der Waals surface area contributed by atoms with Gasteiger partial charge in [-0.1, -0.05) is 38.5 Å². The van der Waals surface area contributed by atoms with Gasteiger partial charge in [0.1, 0.15) is 5.75 Å². The summed E-state index contributed by atoms with van der Waals surface area (Å²) in [6, 6.07) is 8.63. The Morgan fingerprint density at radius 3 is 2.69 bits per heavy atom. The van der Waals surface area contributed by atoms with E-state index in [4.69, 9.17) is 4.74 Å². The van der Waals surface area contributed by atoms with Gasteiger partial charge < -0.3 is 10.1 Å². The number of unbranched alkanes of at least 4 members (excludes halogenated alkanes) is 1. The lowest BCUT2D eigenvalue weighted by Crippen LogP contribution is -2.18. The standard InChI is InChI=1S/C14H23NO/c1-4-6-11-16-14-10-8-7-9-13(14)12(3)15-5-2/h7-10,12,15H,4-6,11H2,1-3H3. The van der Waals surface area contributed by atoms with Gasteiger partial charge in [-0.2, -0.15) is 0 Å². The molecular formula is C14H23NO. The highest BCUT2D eigenvalue weighted by molar-refractivity contribution is 5.35. The van der Waals surface area contributed by atoms with Crippen LogP contribution in [0, 0.1) is 0 Å². The van der Waals surface area contributed by atoms with E-state index in [1.165, 1.54) is 12.0 Å². The van der Waals surface area contributed by atoms with Crippen LogP contribution in [0.1, 0.15) is 45.2 Å². The number of rotatable bonds is 7. The fourth-order valence-corrected chi connectivity index (χ4v) is 1.71. The van der Waals surface area contributed by atoms with Crippen LogP contribution in [-0.2, 0) is 0 Å². The third kappa shape index (κ3) is 3.86. The molecule has 0 aliphatic heterocycles. The molecule has 90 valence electrons. The van der Waals surface area contributed by atoms with Gasteiger partial charge in [0.05, 0.1) is 6.61 Å². The smallest absolute Gasteiger partial charge is 0.124 e. The normalized spacial score (nSPS) is 12.4. The molecule has 0 aliphatic carbocycles. The van der Waals surface area contributed by atoms with Crippen molar-refractivity contribution in [1.29, 1.82) is 0 Å². The van der Waals surface area contributed by atoms with Gasteiger partial charge in [-0.25, -0.2) is 0 Å². The van der Waals surface area contributed by atoms with Crippen molar-refractivity contribution in [2.45, 2.75) is 39.7 Å². The Labute approximate surface area is 99.0 Å². The maximum absolute atomic E-state index is 5.81. The van der Waals surface area contributed by atoms with Crippen LogP contribution in [0.2, 0.25) is 0 Å². The molecule has 0 saturated heterocycles. The zero-order chi connectivity index (χ0) is 11.8. The van der Waals surface area contributed by atoms with E-state index in [9.17, 15) is 0 Å². The van der Waals surface area contributed by atoms with Crippen molar-refractivity contribution in [3.63, 3.8) is 0 Å². The summed E-state index contributed by atoms with van der Waals surface area (Å²) in [4.78, 5) is 0. The van der Waals surface area contributed by atoms with Crippen LogP contribution < -0.4 is 10.1 Å². The molecule has 0 saturated carbocycles. The molecule has 0 aliphatic rings. The molecule has 0 heterocycles. The Morgan fingerprint density at radius 2 is 2.00 bits per heavy atom. The van der Waals surface area contributed by atoms with Crippen molar-refractivity contribution in [1.82, 2.24) is 5.32 Å². The molecule has 2 heteroatoms. The van der Waals surface area contributed by atoms with Crippen LogP contribution >= 0.6 is 0 Å². The maximum Gasteiger partial charge on any atom is 0.124 e. The Bertz CT molecular complexity index is 299. The largest absolute Gasteiger partial charge is 0.493 e. The fraction of sp³-hybridized carbons (Fsp3) is 0.571. The third-order valence-corrected chi connectivity index (χ3v) is 2.65. The average molecular weight is 221 g/mol. The van der Waals surface area contributed by atoms with Gasteiger partial charge in [-0.05, 0) is 26.0 Å². The third-order valence-electron chi connectivity index (χ3n) is 2.65. The number of ether oxygens (including phenoxy) is 1. The van der Waals surface area contributed by atoms with Crippen LogP contribution in [0.5, 0.6) is 5.75 Å². The van der Waals surface area contributed by atoms with E-state index in [0.29, 0.717) is 6.04 Å². The second-order valence-electron chi connectivity index (χ2n) is 4.02. The average Bonchev–Trinajstić information content (AvgIpc) is 2.30. The van der Waals surface area contributed by atoms with Crippen LogP contribution in [0.25, 0.3) is 0 Å². The number of hydrogen-bond acceptors (Lipinski definition) is 2. The summed E-state index contributed by atoms with van der Waals surface area (Å²) >= 11 is 0. The maximum atomic E-state index is 5.81. The molecule has 2 nitrogen and oxygen atoms in total. The number of benzene rings is 1. The molecule has 0 fully saturated rings. The summed E-state index contributed by atoms with van der Waals surface area (Å²) in [6.07, 6.45) is 2.29. The number of para-hydroxylation sites is 1. The van der Waals surface area contributed by atoms with Crippen molar-refractivity contribution >= 4 is 0 Å². The molecule has 0 amide bonds. The molecule has 0 radical (unpaired) electrons. The number of hydrogen-bond donors (Lipinski definition) is 1. The van der Waals surface area contributed by atoms with E-state index in [1.807, 2.05) is 6.07 Å². The first-order valence-electron chi connectivity index (χ1n) is 6.24. The Morgan fingerprint density at radius 1 is 1.25 bits per heavy atom. The summed E-state index contributed by atoms with van der Waals surface area (Å²) in [6.45, 7) is 8.26. The van der Waals surface area contributed by atoms with Crippen LogP contribution in [0.4, 0.5) is 0 Å². The Kier molecular flexibility index (Phi) is 5.94. The minimum Gasteiger partial charge on any atom is -0.493 e. The first kappa shape index (κ1) is 13.0. The molecule has 0 bridgehead atoms. The van der Waals surface area contributed by atoms with Gasteiger partial charge in [0, 0.05) is 11.6 Å². The molecule has 1 rings (SSSR count). The van der Waals surface area contributed by atoms with E-state index in [2.05, 4.69) is 44.3 Å². The second-order valence-corrected chi connectivity index (χ2v) is 4.02. The molecule has 1 N–H and O–H groups in total. The van der Waals surface area contributed by atoms with Crippen molar-refractivity contribution < 1.29 is 4.74 Å². The lowest BCUT2D eigenvalue weighted by molar-refractivity contribution is 0.303. The lowest BCUT2D eigenvalue weighted by atomic mass is 10.1. The van der Waals surface area contributed by atoms with Crippen molar-refractivity contribution in [3.8, 4) is 5.75 Å². The second kappa shape index (κ2) is 7.29. The molecule has 16 heavy (non-hydrogen) atoms. The zero-order valence-corrected chi connectivity index (χ0v) is 10.6. The molecule has 1 aromatic rings. The predicted octanol–water partition coefficient (Wildman–Crippen LogP) is 3.54. The summed E-state index contributed by atoms with van der Waals surface area (Å²) in [5, 5.41) is 3.41. The van der Waals surface area contributed by atoms with E-state index in [0.717, 1.165) is 25.3 Å². The quantitative estimate of drug-likeness (QED) is 0.711. The highest BCUT2D eigenvalue weighted by Gasteiger charge is 2.09. The van der Waals surface area contributed by atoms with Crippen LogP contribution in [0.3, 0.4) is 0 Å². The first-order valence-corrected chi connectivity index (χ1v) is 6.24. The SMILES string of the molecule is CCCCOc1ccccc1C(C)NCC. The Hall–Kier alpha value is -1.02. The molecule has 1 aromatic carbocycles. The molecule has 1 unspecified atom stereocenters. The van der Waals surface area contributed by atoms with Gasteiger partial charge in [0.25, 0.3) is 0 Å². The minimum atomic E-state index is 0.350. The topological polar surface area (TPSA) is 21.3 Å². The summed E-state index contributed by atoms with van der Waals surface area (Å²) in [7, 11) is 0. The van der Waals surface area contributed by atoms with Crippen molar-refractivity contribution in [3.05, 3.63) is 29.8 Å². The zero-order valence-electron chi connectivity index (χ0n) is 10.6. The van der Waals surface area contributed by atoms with Gasteiger partial charge in [0.2, 0.25) is 0 Å². The van der Waals surface area contributed by atoms with E-state index < -0.39 is 0 Å². The van der Waals surface area contributed by atoms with Crippen LogP contribution in [0.15, 0.2) is 24.3 Å². The van der Waals surface area contributed by atoms with Gasteiger partial charge in [0.15, 0.2) is 0 Å². The first-order chi connectivity index (χ1) is 7.79. The fourth-order valence-electron chi connectivity index (χ4n) is 1.71. The van der Waals surface area contributed by atoms with Gasteiger partial charge >= 0.3 is 0 Å². The highest BCUT2D eigenvalue weighted by Crippen LogP contribution is 2.24. The molecule has 1 atom stereocenters. The summed E-state index contributed by atoms with van der Waals surface area (Å²) < 4.78 is 5.81. The lowest BCUT2D eigenvalue weighted by Gasteiger charge is -2.17. The van der Waals surface area contributed by atoms with Crippen molar-refractivity contribution in [2.24, 2.45) is 0 Å². The van der Waals surface area contributed by atoms with Gasteiger partial charge in [-0.3, -0.25) is 0 Å². The molecule has 0 aromatic heterocycles. The van der Waals surface area contributed by atoms with E-state index >= 15 is 0 Å². The predicted molar refractivity (Wildman–Crippen MR) is 68.9 cm³/mol. The summed E-state index contributed by atoms with van der Waals surface area (Å²) in [5.41, 5.74) is 1.25. The van der Waals surface area contributed by atoms with E-state index in [-0.39, 0.29) is 0 Å². The summed E-state index contributed by atoms with van der Waals surface area (Å²) in [5.74, 6) is 1.02. The molecule has 0 spiro atoms.